The molecule has 3 saturated heterocycles. The van der Waals surface area contributed by atoms with Crippen molar-refractivity contribution >= 4 is 12.0 Å². The van der Waals surface area contributed by atoms with Gasteiger partial charge in [0.1, 0.15) is 0 Å². The number of carbonyl (C=O) groups is 2. The van der Waals surface area contributed by atoms with E-state index in [0.29, 0.717) is 6.42 Å². The number of hydrogen-bond donors (Lipinski definition) is 1. The molecule has 20 heavy (non-hydrogen) atoms. The maximum absolute atomic E-state index is 12.9. The largest absolute Gasteiger partial charge is 0.481 e. The molecule has 112 valence electrons. The van der Waals surface area contributed by atoms with Crippen LogP contribution in [0, 0.1) is 5.92 Å². The van der Waals surface area contributed by atoms with Crippen LogP contribution in [0.3, 0.4) is 0 Å². The Bertz CT molecular complexity index is 412. The molecule has 4 atom stereocenters. The minimum Gasteiger partial charge on any atom is -0.481 e. The van der Waals surface area contributed by atoms with Gasteiger partial charge in [-0.15, -0.1) is 0 Å². The summed E-state index contributed by atoms with van der Waals surface area (Å²) in [7, 11) is 0. The highest BCUT2D eigenvalue weighted by molar-refractivity contribution is 5.79. The van der Waals surface area contributed by atoms with Crippen molar-refractivity contribution < 1.29 is 14.7 Å². The second-order valence-electron chi connectivity index (χ2n) is 6.56. The van der Waals surface area contributed by atoms with Crippen LogP contribution in [0.4, 0.5) is 4.79 Å². The van der Waals surface area contributed by atoms with Gasteiger partial charge in [-0.1, -0.05) is 12.8 Å². The Kier molecular flexibility index (Phi) is 3.61. The molecule has 0 aliphatic carbocycles. The maximum atomic E-state index is 12.9. The Hall–Kier alpha value is -1.26. The summed E-state index contributed by atoms with van der Waals surface area (Å²) < 4.78 is 0. The van der Waals surface area contributed by atoms with Crippen LogP contribution >= 0.6 is 0 Å². The first-order valence-corrected chi connectivity index (χ1v) is 7.91. The fraction of sp³-hybridized carbons (Fsp3) is 0.867. The molecule has 2 amide bonds. The number of hydrogen-bond acceptors (Lipinski definition) is 2. The van der Waals surface area contributed by atoms with Crippen LogP contribution < -0.4 is 0 Å². The number of amides is 2. The summed E-state index contributed by atoms with van der Waals surface area (Å²) in [5, 5.41) is 9.29. The summed E-state index contributed by atoms with van der Waals surface area (Å²) in [6, 6.07) is 0.466. The van der Waals surface area contributed by atoms with Gasteiger partial charge >= 0.3 is 12.0 Å². The highest BCUT2D eigenvalue weighted by atomic mass is 16.4. The minimum absolute atomic E-state index is 0.0690. The molecule has 3 heterocycles. The molecule has 3 fully saturated rings. The van der Waals surface area contributed by atoms with E-state index in [2.05, 4.69) is 6.92 Å². The Balaban J connectivity index is 1.75. The number of likely N-dealkylation sites (tertiary alicyclic amines) is 1. The number of carboxylic acid groups (broad SMARTS) is 1. The van der Waals surface area contributed by atoms with Crippen molar-refractivity contribution in [3.8, 4) is 0 Å². The van der Waals surface area contributed by atoms with E-state index < -0.39 is 5.97 Å². The summed E-state index contributed by atoms with van der Waals surface area (Å²) in [5.41, 5.74) is 0. The SMILES string of the molecule is CC1CCCCCN1C(=O)N1C2CCC1C(C(=O)O)C2. The van der Waals surface area contributed by atoms with Gasteiger partial charge in [0.25, 0.3) is 0 Å². The van der Waals surface area contributed by atoms with Crippen molar-refractivity contribution in [3.05, 3.63) is 0 Å². The number of carbonyl (C=O) groups excluding carboxylic acids is 1. The molecular weight excluding hydrogens is 256 g/mol. The molecule has 0 saturated carbocycles. The van der Waals surface area contributed by atoms with E-state index in [1.165, 1.54) is 12.8 Å². The molecule has 0 aromatic heterocycles. The zero-order valence-corrected chi connectivity index (χ0v) is 12.1. The van der Waals surface area contributed by atoms with E-state index in [1.54, 1.807) is 0 Å². The summed E-state index contributed by atoms with van der Waals surface area (Å²) in [6.45, 7) is 2.95. The Labute approximate surface area is 119 Å². The lowest BCUT2D eigenvalue weighted by molar-refractivity contribution is -0.142. The molecule has 0 aromatic rings. The van der Waals surface area contributed by atoms with E-state index in [9.17, 15) is 14.7 Å². The van der Waals surface area contributed by atoms with Gasteiger partial charge in [-0.05, 0) is 39.0 Å². The molecule has 2 bridgehead atoms. The predicted molar refractivity (Wildman–Crippen MR) is 74.4 cm³/mol. The summed E-state index contributed by atoms with van der Waals surface area (Å²) >= 11 is 0. The Morgan fingerprint density at radius 3 is 2.60 bits per heavy atom. The molecule has 3 rings (SSSR count). The quantitative estimate of drug-likeness (QED) is 0.801. The van der Waals surface area contributed by atoms with E-state index in [4.69, 9.17) is 0 Å². The van der Waals surface area contributed by atoms with Crippen LogP contribution in [0.2, 0.25) is 0 Å². The van der Waals surface area contributed by atoms with Crippen LogP contribution in [0.5, 0.6) is 0 Å². The molecule has 3 aliphatic heterocycles. The number of aliphatic carboxylic acids is 1. The summed E-state index contributed by atoms with van der Waals surface area (Å²) in [6.07, 6.45) is 7.00. The lowest BCUT2D eigenvalue weighted by Crippen LogP contribution is -2.49. The first kappa shape index (κ1) is 13.7. The molecule has 0 spiro atoms. The molecule has 3 aliphatic rings. The average Bonchev–Trinajstić information content (AvgIpc) is 2.91. The van der Waals surface area contributed by atoms with Crippen LogP contribution in [0.1, 0.15) is 51.9 Å². The smallest absolute Gasteiger partial charge is 0.320 e. The van der Waals surface area contributed by atoms with E-state index >= 15 is 0 Å². The van der Waals surface area contributed by atoms with E-state index in [0.717, 1.165) is 32.2 Å². The number of rotatable bonds is 1. The van der Waals surface area contributed by atoms with Crippen molar-refractivity contribution in [2.24, 2.45) is 5.92 Å². The van der Waals surface area contributed by atoms with Gasteiger partial charge in [0, 0.05) is 24.7 Å². The molecular formula is C15H24N2O3. The van der Waals surface area contributed by atoms with Gasteiger partial charge in [0.15, 0.2) is 0 Å². The monoisotopic (exact) mass is 280 g/mol. The van der Waals surface area contributed by atoms with Gasteiger partial charge in [-0.2, -0.15) is 0 Å². The fourth-order valence-electron chi connectivity index (χ4n) is 4.26. The molecule has 1 N–H and O–H groups in total. The van der Waals surface area contributed by atoms with Gasteiger partial charge < -0.3 is 14.9 Å². The zero-order chi connectivity index (χ0) is 14.3. The maximum Gasteiger partial charge on any atom is 0.320 e. The van der Waals surface area contributed by atoms with Crippen molar-refractivity contribution in [1.29, 1.82) is 0 Å². The van der Waals surface area contributed by atoms with Gasteiger partial charge in [-0.25, -0.2) is 4.79 Å². The van der Waals surface area contributed by atoms with Crippen molar-refractivity contribution in [3.63, 3.8) is 0 Å². The molecule has 0 aromatic carbocycles. The molecule has 5 heteroatoms. The zero-order valence-electron chi connectivity index (χ0n) is 12.1. The van der Waals surface area contributed by atoms with Crippen LogP contribution in [-0.4, -0.2) is 51.6 Å². The topological polar surface area (TPSA) is 60.9 Å². The highest BCUT2D eigenvalue weighted by Gasteiger charge is 2.52. The second kappa shape index (κ2) is 5.26. The van der Waals surface area contributed by atoms with Crippen molar-refractivity contribution in [2.45, 2.75) is 70.0 Å². The van der Waals surface area contributed by atoms with Crippen LogP contribution in [0.15, 0.2) is 0 Å². The normalized spacial score (nSPS) is 37.0. The standard InChI is InChI=1S/C15H24N2O3/c1-10-5-3-2-4-8-16(10)15(20)17-11-6-7-13(17)12(9-11)14(18)19/h10-13H,2-9H2,1H3,(H,18,19). The van der Waals surface area contributed by atoms with Gasteiger partial charge in [0.05, 0.1) is 5.92 Å². The summed E-state index contributed by atoms with van der Waals surface area (Å²) in [4.78, 5) is 28.0. The summed E-state index contributed by atoms with van der Waals surface area (Å²) in [5.74, 6) is -1.08. The predicted octanol–water partition coefficient (Wildman–Crippen LogP) is 2.31. The minimum atomic E-state index is -0.737. The number of fused-ring (bicyclic) bond motifs is 2. The fourth-order valence-corrected chi connectivity index (χ4v) is 4.26. The van der Waals surface area contributed by atoms with E-state index in [1.807, 2.05) is 9.80 Å². The first-order chi connectivity index (χ1) is 9.59. The average molecular weight is 280 g/mol. The third-order valence-corrected chi connectivity index (χ3v) is 5.37. The third kappa shape index (κ3) is 2.17. The highest BCUT2D eigenvalue weighted by Crippen LogP contribution is 2.42. The third-order valence-electron chi connectivity index (χ3n) is 5.37. The molecule has 5 nitrogen and oxygen atoms in total. The Morgan fingerprint density at radius 2 is 1.90 bits per heavy atom. The second-order valence-corrected chi connectivity index (χ2v) is 6.56. The molecule has 4 unspecified atom stereocenters. The Morgan fingerprint density at radius 1 is 1.10 bits per heavy atom. The first-order valence-electron chi connectivity index (χ1n) is 7.91. The van der Waals surface area contributed by atoms with Gasteiger partial charge in [-0.3, -0.25) is 4.79 Å². The van der Waals surface area contributed by atoms with Gasteiger partial charge in [0.2, 0.25) is 0 Å². The van der Waals surface area contributed by atoms with Crippen molar-refractivity contribution in [1.82, 2.24) is 9.80 Å². The number of carboxylic acids is 1. The van der Waals surface area contributed by atoms with E-state index in [-0.39, 0.29) is 30.1 Å². The van der Waals surface area contributed by atoms with Crippen LogP contribution in [0.25, 0.3) is 0 Å². The lowest BCUT2D eigenvalue weighted by Gasteiger charge is -2.34. The number of urea groups is 1. The van der Waals surface area contributed by atoms with Crippen molar-refractivity contribution in [2.75, 3.05) is 6.54 Å². The number of nitrogens with zero attached hydrogens (tertiary/aromatic N) is 2. The van der Waals surface area contributed by atoms with Crippen LogP contribution in [-0.2, 0) is 4.79 Å². The lowest BCUT2D eigenvalue weighted by atomic mass is 9.89. The molecule has 0 radical (unpaired) electrons.